The van der Waals surface area contributed by atoms with E-state index in [1.807, 2.05) is 67.6 Å². The first kappa shape index (κ1) is 36.1. The highest BCUT2D eigenvalue weighted by Gasteiger charge is 2.25. The average molecular weight is 677 g/mol. The molecular formula is C36H41FN4O6S. The lowest BCUT2D eigenvalue weighted by Gasteiger charge is -2.26. The molecular weight excluding hydrogens is 635 g/mol. The zero-order valence-electron chi connectivity index (χ0n) is 27.3. The molecule has 3 unspecified atom stereocenters. The summed E-state index contributed by atoms with van der Waals surface area (Å²) in [5.41, 5.74) is 2.29. The number of hydrogen-bond donors (Lipinski definition) is 4. The summed E-state index contributed by atoms with van der Waals surface area (Å²) in [5, 5.41) is 20.1. The van der Waals surface area contributed by atoms with E-state index >= 15 is 0 Å². The molecule has 0 aromatic heterocycles. The number of ether oxygens (including phenoxy) is 1. The smallest absolute Gasteiger partial charge is 0.251 e. The second-order valence-corrected chi connectivity index (χ2v) is 13.5. The third-order valence-electron chi connectivity index (χ3n) is 7.96. The SMILES string of the molecule is COc1cccc(CNCC(O)C(Cc2ccccc2)NC(=O)c2cc(C(=O)NC(C)c3ccccc3)cc(N(C)S(C)(=O)=O)c2)c1F. The van der Waals surface area contributed by atoms with Gasteiger partial charge in [-0.3, -0.25) is 13.9 Å². The van der Waals surface area contributed by atoms with E-state index in [1.54, 1.807) is 12.1 Å². The van der Waals surface area contributed by atoms with Crippen LogP contribution in [0.2, 0.25) is 0 Å². The third-order valence-corrected chi connectivity index (χ3v) is 9.17. The summed E-state index contributed by atoms with van der Waals surface area (Å²) in [6.07, 6.45) is 0.167. The summed E-state index contributed by atoms with van der Waals surface area (Å²) in [4.78, 5) is 27.2. The van der Waals surface area contributed by atoms with Gasteiger partial charge in [-0.05, 0) is 48.7 Å². The Hall–Kier alpha value is -4.78. The number of methoxy groups -OCH3 is 1. The molecule has 3 atom stereocenters. The summed E-state index contributed by atoms with van der Waals surface area (Å²) in [6, 6.07) is 26.4. The molecule has 4 aromatic carbocycles. The first-order chi connectivity index (χ1) is 22.9. The first-order valence-corrected chi connectivity index (χ1v) is 17.2. The second-order valence-electron chi connectivity index (χ2n) is 11.5. The minimum Gasteiger partial charge on any atom is -0.494 e. The normalized spacial score (nSPS) is 13.2. The van der Waals surface area contributed by atoms with Crippen molar-refractivity contribution < 1.29 is 32.2 Å². The van der Waals surface area contributed by atoms with Crippen molar-refractivity contribution in [2.24, 2.45) is 0 Å². The number of carbonyl (C=O) groups excluding carboxylic acids is 2. The van der Waals surface area contributed by atoms with Crippen molar-refractivity contribution in [3.8, 4) is 5.75 Å². The molecule has 0 radical (unpaired) electrons. The molecule has 254 valence electrons. The molecule has 0 aliphatic carbocycles. The Morgan fingerprint density at radius 3 is 2.10 bits per heavy atom. The Balaban J connectivity index is 1.58. The lowest BCUT2D eigenvalue weighted by Crippen LogP contribution is -2.48. The van der Waals surface area contributed by atoms with Gasteiger partial charge in [-0.1, -0.05) is 72.8 Å². The van der Waals surface area contributed by atoms with Crippen LogP contribution in [-0.2, 0) is 23.0 Å². The van der Waals surface area contributed by atoms with Crippen LogP contribution in [0.5, 0.6) is 5.75 Å². The van der Waals surface area contributed by atoms with Crippen molar-refractivity contribution in [3.05, 3.63) is 131 Å². The van der Waals surface area contributed by atoms with Gasteiger partial charge in [0.2, 0.25) is 10.0 Å². The number of rotatable bonds is 15. The predicted octanol–water partition coefficient (Wildman–Crippen LogP) is 4.21. The van der Waals surface area contributed by atoms with E-state index in [0.717, 1.165) is 21.7 Å². The van der Waals surface area contributed by atoms with Crippen LogP contribution >= 0.6 is 0 Å². The van der Waals surface area contributed by atoms with Crippen LogP contribution in [0.25, 0.3) is 0 Å². The maximum Gasteiger partial charge on any atom is 0.251 e. The van der Waals surface area contributed by atoms with Gasteiger partial charge < -0.3 is 25.8 Å². The zero-order valence-corrected chi connectivity index (χ0v) is 28.1. The summed E-state index contributed by atoms with van der Waals surface area (Å²) in [5.74, 6) is -1.52. The highest BCUT2D eigenvalue weighted by molar-refractivity contribution is 7.92. The molecule has 0 heterocycles. The lowest BCUT2D eigenvalue weighted by molar-refractivity contribution is 0.0829. The fraction of sp³-hybridized carbons (Fsp3) is 0.278. The highest BCUT2D eigenvalue weighted by Crippen LogP contribution is 2.23. The number of nitrogens with zero attached hydrogens (tertiary/aromatic N) is 1. The van der Waals surface area contributed by atoms with Crippen molar-refractivity contribution in [2.45, 2.75) is 38.1 Å². The Labute approximate surface area is 281 Å². The Bertz CT molecular complexity index is 1810. The summed E-state index contributed by atoms with van der Waals surface area (Å²) >= 11 is 0. The summed E-state index contributed by atoms with van der Waals surface area (Å²) in [6.45, 7) is 1.93. The Morgan fingerprint density at radius 2 is 1.50 bits per heavy atom. The molecule has 0 saturated carbocycles. The molecule has 0 fully saturated rings. The zero-order chi connectivity index (χ0) is 34.8. The molecule has 4 aromatic rings. The average Bonchev–Trinajstić information content (AvgIpc) is 3.08. The number of anilines is 1. The fourth-order valence-corrected chi connectivity index (χ4v) is 5.59. The molecule has 0 aliphatic heterocycles. The van der Waals surface area contributed by atoms with Crippen LogP contribution in [-0.4, -0.2) is 64.4 Å². The second kappa shape index (κ2) is 16.4. The van der Waals surface area contributed by atoms with Crippen LogP contribution in [0, 0.1) is 5.82 Å². The Kier molecular flexibility index (Phi) is 12.3. The van der Waals surface area contributed by atoms with Crippen LogP contribution in [0.3, 0.4) is 0 Å². The third kappa shape index (κ3) is 9.63. The topological polar surface area (TPSA) is 137 Å². The van der Waals surface area contributed by atoms with E-state index in [0.29, 0.717) is 5.56 Å². The van der Waals surface area contributed by atoms with E-state index < -0.39 is 39.8 Å². The van der Waals surface area contributed by atoms with Gasteiger partial charge in [0.05, 0.1) is 37.2 Å². The monoisotopic (exact) mass is 676 g/mol. The standard InChI is InChI=1S/C36H41FN4O6S/c1-24(26-14-9-6-10-15-26)39-35(43)28-19-29(21-30(20-28)41(2)48(4,45)46)36(44)40-31(18-25-12-7-5-8-13-25)32(42)23-38-22-27-16-11-17-33(47-3)34(27)37/h5-17,19-21,24,31-32,38,42H,18,22-23H2,1-4H3,(H,39,43)(H,40,44). The molecule has 4 rings (SSSR count). The molecule has 0 aliphatic rings. The van der Waals surface area contributed by atoms with Gasteiger partial charge in [0.15, 0.2) is 11.6 Å². The van der Waals surface area contributed by atoms with Crippen molar-refractivity contribution >= 4 is 27.5 Å². The minimum atomic E-state index is -3.74. The van der Waals surface area contributed by atoms with Crippen LogP contribution in [0.15, 0.2) is 97.1 Å². The molecule has 2 amide bonds. The van der Waals surface area contributed by atoms with Gasteiger partial charge in [0, 0.05) is 36.8 Å². The van der Waals surface area contributed by atoms with Gasteiger partial charge in [-0.25, -0.2) is 12.8 Å². The van der Waals surface area contributed by atoms with E-state index in [2.05, 4.69) is 16.0 Å². The predicted molar refractivity (Wildman–Crippen MR) is 184 cm³/mol. The van der Waals surface area contributed by atoms with Gasteiger partial charge in [0.25, 0.3) is 11.8 Å². The molecule has 12 heteroatoms. The number of sulfonamides is 1. The van der Waals surface area contributed by atoms with Crippen LogP contribution in [0.1, 0.15) is 50.4 Å². The quantitative estimate of drug-likeness (QED) is 0.148. The van der Waals surface area contributed by atoms with Crippen LogP contribution in [0.4, 0.5) is 10.1 Å². The Morgan fingerprint density at radius 1 is 0.896 bits per heavy atom. The molecule has 4 N–H and O–H groups in total. The molecule has 10 nitrogen and oxygen atoms in total. The first-order valence-electron chi connectivity index (χ1n) is 15.4. The van der Waals surface area contributed by atoms with Gasteiger partial charge in [-0.2, -0.15) is 0 Å². The van der Waals surface area contributed by atoms with Crippen LogP contribution < -0.4 is 25.0 Å². The number of amides is 2. The van der Waals surface area contributed by atoms with E-state index in [-0.39, 0.29) is 48.1 Å². The number of aliphatic hydroxyl groups is 1. The maximum atomic E-state index is 14.7. The van der Waals surface area contributed by atoms with Gasteiger partial charge >= 0.3 is 0 Å². The van der Waals surface area contributed by atoms with Gasteiger partial charge in [-0.15, -0.1) is 0 Å². The van der Waals surface area contributed by atoms with E-state index in [4.69, 9.17) is 4.74 Å². The minimum absolute atomic E-state index is 0.0102. The largest absolute Gasteiger partial charge is 0.494 e. The van der Waals surface area contributed by atoms with E-state index in [1.165, 1.54) is 38.4 Å². The number of aliphatic hydroxyl groups excluding tert-OH is 1. The number of benzene rings is 4. The number of carbonyl (C=O) groups is 2. The molecule has 0 bridgehead atoms. The lowest BCUT2D eigenvalue weighted by atomic mass is 9.99. The highest BCUT2D eigenvalue weighted by atomic mass is 32.2. The molecule has 0 spiro atoms. The van der Waals surface area contributed by atoms with Gasteiger partial charge in [0.1, 0.15) is 0 Å². The number of hydrogen-bond acceptors (Lipinski definition) is 7. The summed E-state index contributed by atoms with van der Waals surface area (Å²) < 4.78 is 45.6. The van der Waals surface area contributed by atoms with Crippen molar-refractivity contribution in [1.29, 1.82) is 0 Å². The summed E-state index contributed by atoms with van der Waals surface area (Å²) in [7, 11) is -1.02. The van der Waals surface area contributed by atoms with Crippen molar-refractivity contribution in [1.82, 2.24) is 16.0 Å². The fourth-order valence-electron chi connectivity index (χ4n) is 5.10. The van der Waals surface area contributed by atoms with Crippen molar-refractivity contribution in [3.63, 3.8) is 0 Å². The number of nitrogens with one attached hydrogen (secondary N) is 3. The van der Waals surface area contributed by atoms with Crippen molar-refractivity contribution in [2.75, 3.05) is 31.3 Å². The number of halogens is 1. The van der Waals surface area contributed by atoms with E-state index in [9.17, 15) is 27.5 Å². The molecule has 48 heavy (non-hydrogen) atoms. The maximum absolute atomic E-state index is 14.7. The molecule has 0 saturated heterocycles.